The Kier molecular flexibility index (Phi) is 3.43. The van der Waals surface area contributed by atoms with Crippen LogP contribution >= 0.6 is 0 Å². The summed E-state index contributed by atoms with van der Waals surface area (Å²) in [5.74, 6) is 0.335. The van der Waals surface area contributed by atoms with Crippen LogP contribution in [-0.4, -0.2) is 58.3 Å². The largest absolute Gasteiger partial charge is 0.369 e. The van der Waals surface area contributed by atoms with Gasteiger partial charge in [-0.05, 0) is 31.3 Å². The third-order valence-corrected chi connectivity index (χ3v) is 5.11. The van der Waals surface area contributed by atoms with Crippen molar-refractivity contribution >= 4 is 27.6 Å². The molecule has 1 aliphatic heterocycles. The van der Waals surface area contributed by atoms with Gasteiger partial charge in [-0.25, -0.2) is 9.37 Å². The summed E-state index contributed by atoms with van der Waals surface area (Å²) in [5, 5.41) is 7.73. The van der Waals surface area contributed by atoms with Crippen molar-refractivity contribution in [2.24, 2.45) is 0 Å². The van der Waals surface area contributed by atoms with Crippen LogP contribution in [0.1, 0.15) is 0 Å². The first-order valence-corrected chi connectivity index (χ1v) is 8.75. The molecule has 26 heavy (non-hydrogen) atoms. The highest BCUT2D eigenvalue weighted by molar-refractivity contribution is 5.93. The number of piperazine rings is 1. The number of hydrogen-bond acceptors (Lipinski definition) is 4. The molecule has 0 aliphatic carbocycles. The third-order valence-electron chi connectivity index (χ3n) is 5.11. The number of benzene rings is 2. The van der Waals surface area contributed by atoms with Crippen LogP contribution in [0.5, 0.6) is 0 Å². The number of nitrogens with zero attached hydrogens (tertiary/aromatic N) is 4. The highest BCUT2D eigenvalue weighted by atomic mass is 19.1. The summed E-state index contributed by atoms with van der Waals surface area (Å²) >= 11 is 0. The van der Waals surface area contributed by atoms with Crippen molar-refractivity contribution in [2.45, 2.75) is 0 Å². The molecular weight excluding hydrogens is 331 g/mol. The fourth-order valence-electron chi connectivity index (χ4n) is 3.56. The van der Waals surface area contributed by atoms with Gasteiger partial charge in [-0.3, -0.25) is 5.10 Å². The van der Waals surface area contributed by atoms with Gasteiger partial charge in [-0.1, -0.05) is 12.1 Å². The van der Waals surface area contributed by atoms with Gasteiger partial charge in [0.15, 0.2) is 11.6 Å². The highest BCUT2D eigenvalue weighted by Crippen LogP contribution is 2.29. The first kappa shape index (κ1) is 15.3. The number of para-hydroxylation sites is 1. The molecule has 1 aliphatic rings. The zero-order valence-electron chi connectivity index (χ0n) is 14.5. The first-order valence-electron chi connectivity index (χ1n) is 8.75. The fourth-order valence-corrected chi connectivity index (χ4v) is 3.56. The van der Waals surface area contributed by atoms with Gasteiger partial charge in [0.1, 0.15) is 11.2 Å². The second-order valence-corrected chi connectivity index (χ2v) is 6.81. The van der Waals surface area contributed by atoms with Gasteiger partial charge in [0, 0.05) is 37.3 Å². The molecule has 132 valence electrons. The van der Waals surface area contributed by atoms with Crippen LogP contribution in [0.25, 0.3) is 33.5 Å². The predicted octanol–water partition coefficient (Wildman–Crippen LogP) is 3.00. The fraction of sp³-hybridized carbons (Fsp3) is 0.263. The van der Waals surface area contributed by atoms with Crippen molar-refractivity contribution in [3.63, 3.8) is 0 Å². The van der Waals surface area contributed by atoms with E-state index in [1.165, 1.54) is 11.8 Å². The molecule has 1 saturated heterocycles. The number of nitrogens with one attached hydrogen (secondary N) is 2. The Balaban J connectivity index is 1.54. The number of fused-ring (bicyclic) bond motifs is 2. The van der Waals surface area contributed by atoms with Crippen LogP contribution in [-0.2, 0) is 0 Å². The summed E-state index contributed by atoms with van der Waals surface area (Å²) in [6.45, 7) is 4.18. The van der Waals surface area contributed by atoms with Gasteiger partial charge < -0.3 is 14.8 Å². The van der Waals surface area contributed by atoms with E-state index in [1.807, 2.05) is 12.1 Å². The molecule has 0 bridgehead atoms. The standard InChI is InChI=1S/C19H19FN6/c1-25-7-9-26(10-8-25)12-5-6-15-16(11-12)22-19(21-15)18-13-3-2-4-14(20)17(13)23-24-18/h2-6,11H,7-10H2,1H3,(H,21,22)(H,23,24). The lowest BCUT2D eigenvalue weighted by Gasteiger charge is -2.34. The van der Waals surface area contributed by atoms with Gasteiger partial charge in [0.2, 0.25) is 0 Å². The monoisotopic (exact) mass is 350 g/mol. The molecule has 4 aromatic rings. The zero-order valence-corrected chi connectivity index (χ0v) is 14.5. The SMILES string of the molecule is CN1CCN(c2ccc3nc(-c4[nH]nc5c(F)cccc45)[nH]c3c2)CC1. The van der Waals surface area contributed by atoms with E-state index in [0.717, 1.165) is 42.6 Å². The van der Waals surface area contributed by atoms with Gasteiger partial charge in [-0.15, -0.1) is 0 Å². The van der Waals surface area contributed by atoms with Crippen molar-refractivity contribution in [1.82, 2.24) is 25.1 Å². The van der Waals surface area contributed by atoms with Crippen molar-refractivity contribution < 1.29 is 4.39 Å². The van der Waals surface area contributed by atoms with Crippen LogP contribution in [0, 0.1) is 5.82 Å². The Bertz CT molecular complexity index is 1090. The molecule has 0 saturated carbocycles. The third kappa shape index (κ3) is 2.43. The zero-order chi connectivity index (χ0) is 17.7. The first-order chi connectivity index (χ1) is 12.7. The second-order valence-electron chi connectivity index (χ2n) is 6.81. The number of imidazole rings is 1. The lowest BCUT2D eigenvalue weighted by Crippen LogP contribution is -2.44. The molecule has 2 N–H and O–H groups in total. The minimum Gasteiger partial charge on any atom is -0.369 e. The lowest BCUT2D eigenvalue weighted by molar-refractivity contribution is 0.313. The number of aromatic amines is 2. The van der Waals surface area contributed by atoms with Crippen LogP contribution in [0.2, 0.25) is 0 Å². The van der Waals surface area contributed by atoms with E-state index in [-0.39, 0.29) is 5.82 Å². The van der Waals surface area contributed by atoms with Crippen molar-refractivity contribution in [1.29, 1.82) is 0 Å². The molecule has 2 aromatic carbocycles. The number of hydrogen-bond donors (Lipinski definition) is 2. The van der Waals surface area contributed by atoms with Gasteiger partial charge in [0.05, 0.1) is 11.0 Å². The Morgan fingerprint density at radius 1 is 1.08 bits per heavy atom. The summed E-state index contributed by atoms with van der Waals surface area (Å²) in [7, 11) is 2.15. The molecule has 0 radical (unpaired) electrons. The van der Waals surface area contributed by atoms with Crippen molar-refractivity contribution in [3.05, 3.63) is 42.2 Å². The summed E-state index contributed by atoms with van der Waals surface area (Å²) in [5.41, 5.74) is 4.09. The molecule has 0 atom stereocenters. The molecule has 0 spiro atoms. The summed E-state index contributed by atoms with van der Waals surface area (Å²) in [6, 6.07) is 11.2. The second kappa shape index (κ2) is 5.81. The van der Waals surface area contributed by atoms with Crippen molar-refractivity contribution in [2.75, 3.05) is 38.1 Å². The average molecular weight is 350 g/mol. The Labute approximate surface area is 149 Å². The molecule has 7 heteroatoms. The minimum absolute atomic E-state index is 0.334. The Morgan fingerprint density at radius 2 is 1.92 bits per heavy atom. The highest BCUT2D eigenvalue weighted by Gasteiger charge is 2.17. The summed E-state index contributed by atoms with van der Waals surface area (Å²) in [4.78, 5) is 12.7. The van der Waals surface area contributed by atoms with E-state index in [9.17, 15) is 4.39 Å². The van der Waals surface area contributed by atoms with E-state index in [1.54, 1.807) is 6.07 Å². The van der Waals surface area contributed by atoms with Crippen LogP contribution in [0.15, 0.2) is 36.4 Å². The van der Waals surface area contributed by atoms with Gasteiger partial charge >= 0.3 is 0 Å². The summed E-state index contributed by atoms with van der Waals surface area (Å²) < 4.78 is 13.9. The maximum absolute atomic E-state index is 13.9. The number of likely N-dealkylation sites (N-methyl/N-ethyl adjacent to an activating group) is 1. The van der Waals surface area contributed by atoms with E-state index < -0.39 is 0 Å². The molecule has 6 nitrogen and oxygen atoms in total. The molecule has 0 amide bonds. The number of halogens is 1. The summed E-state index contributed by atoms with van der Waals surface area (Å²) in [6.07, 6.45) is 0. The number of H-pyrrole nitrogens is 2. The molecular formula is C19H19FN6. The molecule has 1 fully saturated rings. The molecule has 5 rings (SSSR count). The Hall–Kier alpha value is -2.93. The van der Waals surface area contributed by atoms with E-state index in [4.69, 9.17) is 0 Å². The number of aromatic nitrogens is 4. The molecule has 3 heterocycles. The normalized spacial score (nSPS) is 16.0. The Morgan fingerprint density at radius 3 is 2.77 bits per heavy atom. The molecule has 0 unspecified atom stereocenters. The quantitative estimate of drug-likeness (QED) is 0.583. The van der Waals surface area contributed by atoms with Gasteiger partial charge in [0.25, 0.3) is 0 Å². The maximum atomic E-state index is 13.9. The van der Waals surface area contributed by atoms with Crippen molar-refractivity contribution in [3.8, 4) is 11.5 Å². The topological polar surface area (TPSA) is 63.8 Å². The molecule has 2 aromatic heterocycles. The average Bonchev–Trinajstić information content (AvgIpc) is 3.26. The maximum Gasteiger partial charge on any atom is 0.157 e. The predicted molar refractivity (Wildman–Crippen MR) is 101 cm³/mol. The van der Waals surface area contributed by atoms with Crippen LogP contribution in [0.4, 0.5) is 10.1 Å². The lowest BCUT2D eigenvalue weighted by atomic mass is 10.2. The minimum atomic E-state index is -0.335. The van der Waals surface area contributed by atoms with E-state index >= 15 is 0 Å². The van der Waals surface area contributed by atoms with E-state index in [0.29, 0.717) is 17.0 Å². The number of anilines is 1. The number of rotatable bonds is 2. The van der Waals surface area contributed by atoms with Gasteiger partial charge in [-0.2, -0.15) is 5.10 Å². The van der Waals surface area contributed by atoms with E-state index in [2.05, 4.69) is 49.1 Å². The smallest absolute Gasteiger partial charge is 0.157 e. The van der Waals surface area contributed by atoms with Crippen LogP contribution < -0.4 is 4.90 Å². The van der Waals surface area contributed by atoms with Crippen LogP contribution in [0.3, 0.4) is 0 Å².